The van der Waals surface area contributed by atoms with E-state index < -0.39 is 5.97 Å². The maximum Gasteiger partial charge on any atom is 0.335 e. The van der Waals surface area contributed by atoms with Gasteiger partial charge >= 0.3 is 12.0 Å². The highest BCUT2D eigenvalue weighted by Crippen LogP contribution is 2.16. The van der Waals surface area contributed by atoms with E-state index in [1.54, 1.807) is 24.3 Å². The van der Waals surface area contributed by atoms with Crippen molar-refractivity contribution in [2.45, 2.75) is 25.3 Å². The Hall–Kier alpha value is -1.69. The summed E-state index contributed by atoms with van der Waals surface area (Å²) in [7, 11) is 0. The van der Waals surface area contributed by atoms with Gasteiger partial charge in [-0.1, -0.05) is 12.1 Å². The summed E-state index contributed by atoms with van der Waals surface area (Å²) >= 11 is 1.93. The number of carbonyl (C=O) groups is 2. The molecule has 1 fully saturated rings. The molecule has 2 rings (SSSR count). The fourth-order valence-corrected chi connectivity index (χ4v) is 3.32. The minimum atomic E-state index is -0.926. The number of hydrogen-bond acceptors (Lipinski definition) is 3. The van der Waals surface area contributed by atoms with Gasteiger partial charge in [-0.3, -0.25) is 0 Å². The fourth-order valence-electron chi connectivity index (χ4n) is 2.21. The Morgan fingerprint density at radius 3 is 2.48 bits per heavy atom. The minimum Gasteiger partial charge on any atom is -0.478 e. The van der Waals surface area contributed by atoms with E-state index in [0.29, 0.717) is 19.0 Å². The molecule has 0 atom stereocenters. The summed E-state index contributed by atoms with van der Waals surface area (Å²) in [6.07, 6.45) is 2.76. The van der Waals surface area contributed by atoms with Gasteiger partial charge < -0.3 is 15.7 Å². The molecule has 0 spiro atoms. The summed E-state index contributed by atoms with van der Waals surface area (Å²) in [6.45, 7) is 0.541. The molecule has 0 saturated carbocycles. The van der Waals surface area contributed by atoms with Crippen molar-refractivity contribution in [2.24, 2.45) is 0 Å². The minimum absolute atomic E-state index is 0.117. The quantitative estimate of drug-likeness (QED) is 0.778. The van der Waals surface area contributed by atoms with Crippen LogP contribution in [0.1, 0.15) is 28.8 Å². The number of urea groups is 1. The molecule has 0 bridgehead atoms. The number of nitrogens with one attached hydrogen (secondary N) is 2. The molecule has 1 aromatic rings. The number of carbonyl (C=O) groups excluding carboxylic acids is 1. The average Bonchev–Trinajstić information content (AvgIpc) is 2.49. The van der Waals surface area contributed by atoms with Gasteiger partial charge in [-0.15, -0.1) is 0 Å². The highest BCUT2D eigenvalue weighted by atomic mass is 32.2. The van der Waals surface area contributed by atoms with Crippen molar-refractivity contribution in [1.82, 2.24) is 10.6 Å². The van der Waals surface area contributed by atoms with Gasteiger partial charge in [0.2, 0.25) is 0 Å². The lowest BCUT2D eigenvalue weighted by Crippen LogP contribution is -2.44. The first-order chi connectivity index (χ1) is 10.1. The van der Waals surface area contributed by atoms with Crippen LogP contribution in [0.5, 0.6) is 0 Å². The van der Waals surface area contributed by atoms with Gasteiger partial charge in [-0.2, -0.15) is 11.8 Å². The summed E-state index contributed by atoms with van der Waals surface area (Å²) in [5.41, 5.74) is 1.29. The molecule has 3 N–H and O–H groups in total. The molecule has 5 nitrogen and oxygen atoms in total. The summed E-state index contributed by atoms with van der Waals surface area (Å²) in [6, 6.07) is 6.90. The SMILES string of the molecule is O=C(NCCc1ccc(C(=O)O)cc1)NC1CCSCC1. The number of hydrogen-bond donors (Lipinski definition) is 3. The number of rotatable bonds is 5. The molecule has 114 valence electrons. The molecular formula is C15H20N2O3S. The second-order valence-corrected chi connectivity index (χ2v) is 6.26. The highest BCUT2D eigenvalue weighted by molar-refractivity contribution is 7.99. The predicted molar refractivity (Wildman–Crippen MR) is 84.0 cm³/mol. The summed E-state index contributed by atoms with van der Waals surface area (Å²) in [5.74, 6) is 1.30. The molecule has 1 saturated heterocycles. The zero-order chi connectivity index (χ0) is 15.1. The molecule has 2 amide bonds. The summed E-state index contributed by atoms with van der Waals surface area (Å²) < 4.78 is 0. The van der Waals surface area contributed by atoms with Crippen molar-refractivity contribution in [1.29, 1.82) is 0 Å². The predicted octanol–water partition coefficient (Wildman–Crippen LogP) is 2.12. The van der Waals surface area contributed by atoms with Crippen molar-refractivity contribution in [3.05, 3.63) is 35.4 Å². The molecule has 1 aromatic carbocycles. The van der Waals surface area contributed by atoms with Crippen LogP contribution in [0.25, 0.3) is 0 Å². The van der Waals surface area contributed by atoms with E-state index in [2.05, 4.69) is 10.6 Å². The van der Waals surface area contributed by atoms with E-state index >= 15 is 0 Å². The second kappa shape index (κ2) is 7.93. The van der Waals surface area contributed by atoms with E-state index in [0.717, 1.165) is 29.9 Å². The van der Waals surface area contributed by atoms with Crippen LogP contribution in [0.4, 0.5) is 4.79 Å². The third-order valence-corrected chi connectivity index (χ3v) is 4.51. The topological polar surface area (TPSA) is 78.4 Å². The number of amides is 2. The second-order valence-electron chi connectivity index (χ2n) is 5.04. The Labute approximate surface area is 128 Å². The Morgan fingerprint density at radius 1 is 1.19 bits per heavy atom. The van der Waals surface area contributed by atoms with E-state index in [-0.39, 0.29) is 11.6 Å². The maximum absolute atomic E-state index is 11.7. The zero-order valence-electron chi connectivity index (χ0n) is 11.8. The van der Waals surface area contributed by atoms with E-state index in [4.69, 9.17) is 5.11 Å². The molecule has 6 heteroatoms. The molecule has 0 unspecified atom stereocenters. The lowest BCUT2D eigenvalue weighted by atomic mass is 10.1. The first-order valence-corrected chi connectivity index (χ1v) is 8.25. The van der Waals surface area contributed by atoms with Crippen molar-refractivity contribution in [3.63, 3.8) is 0 Å². The molecule has 1 aliphatic rings. The van der Waals surface area contributed by atoms with Gasteiger partial charge in [0.15, 0.2) is 0 Å². The van der Waals surface area contributed by atoms with E-state index in [1.807, 2.05) is 11.8 Å². The number of aromatic carboxylic acids is 1. The van der Waals surface area contributed by atoms with E-state index in [9.17, 15) is 9.59 Å². The van der Waals surface area contributed by atoms with Crippen LogP contribution in [0.2, 0.25) is 0 Å². The standard InChI is InChI=1S/C15H20N2O3S/c18-14(19)12-3-1-11(2-4-12)5-8-16-15(20)17-13-6-9-21-10-7-13/h1-4,13H,5-10H2,(H,18,19)(H2,16,17,20). The molecule has 1 heterocycles. The van der Waals surface area contributed by atoms with Gasteiger partial charge in [0.05, 0.1) is 5.56 Å². The highest BCUT2D eigenvalue weighted by Gasteiger charge is 2.15. The molecule has 0 aliphatic carbocycles. The first kappa shape index (κ1) is 15.7. The van der Waals surface area contributed by atoms with Crippen molar-refractivity contribution < 1.29 is 14.7 Å². The van der Waals surface area contributed by atoms with Crippen LogP contribution >= 0.6 is 11.8 Å². The van der Waals surface area contributed by atoms with Gasteiger partial charge in [0.25, 0.3) is 0 Å². The molecule has 0 aromatic heterocycles. The number of carboxylic acids is 1. The lowest BCUT2D eigenvalue weighted by Gasteiger charge is -2.22. The first-order valence-electron chi connectivity index (χ1n) is 7.09. The molecule has 0 radical (unpaired) electrons. The Balaban J connectivity index is 1.68. The fraction of sp³-hybridized carbons (Fsp3) is 0.467. The molecular weight excluding hydrogens is 288 g/mol. The van der Waals surface area contributed by atoms with Crippen molar-refractivity contribution >= 4 is 23.8 Å². The van der Waals surface area contributed by atoms with Gasteiger partial charge in [0, 0.05) is 12.6 Å². The van der Waals surface area contributed by atoms with Gasteiger partial charge in [-0.05, 0) is 48.5 Å². The van der Waals surface area contributed by atoms with Gasteiger partial charge in [0.1, 0.15) is 0 Å². The van der Waals surface area contributed by atoms with Gasteiger partial charge in [-0.25, -0.2) is 9.59 Å². The number of carboxylic acid groups (broad SMARTS) is 1. The van der Waals surface area contributed by atoms with Crippen LogP contribution in [0.15, 0.2) is 24.3 Å². The van der Waals surface area contributed by atoms with Crippen molar-refractivity contribution in [2.75, 3.05) is 18.1 Å². The lowest BCUT2D eigenvalue weighted by molar-refractivity contribution is 0.0697. The van der Waals surface area contributed by atoms with Crippen molar-refractivity contribution in [3.8, 4) is 0 Å². The van der Waals surface area contributed by atoms with Crippen LogP contribution in [-0.2, 0) is 6.42 Å². The summed E-state index contributed by atoms with van der Waals surface area (Å²) in [4.78, 5) is 22.5. The summed E-state index contributed by atoms with van der Waals surface area (Å²) in [5, 5.41) is 14.6. The Kier molecular flexibility index (Phi) is 5.92. The van der Waals surface area contributed by atoms with Crippen LogP contribution < -0.4 is 10.6 Å². The van der Waals surface area contributed by atoms with E-state index in [1.165, 1.54) is 0 Å². The maximum atomic E-state index is 11.7. The zero-order valence-corrected chi connectivity index (χ0v) is 12.6. The smallest absolute Gasteiger partial charge is 0.335 e. The average molecular weight is 308 g/mol. The Bertz CT molecular complexity index is 484. The number of benzene rings is 1. The van der Waals surface area contributed by atoms with Crippen LogP contribution in [0, 0.1) is 0 Å². The third-order valence-electron chi connectivity index (χ3n) is 3.46. The molecule has 21 heavy (non-hydrogen) atoms. The number of thioether (sulfide) groups is 1. The largest absolute Gasteiger partial charge is 0.478 e. The Morgan fingerprint density at radius 2 is 1.86 bits per heavy atom. The molecule has 1 aliphatic heterocycles. The normalized spacial score (nSPS) is 15.4. The monoisotopic (exact) mass is 308 g/mol. The third kappa shape index (κ3) is 5.30. The van der Waals surface area contributed by atoms with Crippen LogP contribution in [0.3, 0.4) is 0 Å². The van der Waals surface area contributed by atoms with Crippen LogP contribution in [-0.4, -0.2) is 41.2 Å².